The van der Waals surface area contributed by atoms with Crippen LogP contribution in [0.3, 0.4) is 0 Å². The van der Waals surface area contributed by atoms with Gasteiger partial charge in [0.1, 0.15) is 11.9 Å². The number of nitrogens with one attached hydrogen (secondary N) is 2. The lowest BCUT2D eigenvalue weighted by molar-refractivity contribution is -0.118. The molecule has 2 aromatic carbocycles. The van der Waals surface area contributed by atoms with Crippen LogP contribution < -0.4 is 10.0 Å². The molecule has 28 heavy (non-hydrogen) atoms. The number of fused-ring (bicyclic) bond motifs is 1. The van der Waals surface area contributed by atoms with E-state index in [0.717, 1.165) is 5.56 Å². The number of amidine groups is 1. The minimum Gasteiger partial charge on any atom is -0.324 e. The third-order valence-corrected chi connectivity index (χ3v) is 6.05. The van der Waals surface area contributed by atoms with Crippen LogP contribution in [0, 0.1) is 5.92 Å². The van der Waals surface area contributed by atoms with E-state index >= 15 is 0 Å². The summed E-state index contributed by atoms with van der Waals surface area (Å²) in [6, 6.07) is 13.6. The van der Waals surface area contributed by atoms with Gasteiger partial charge in [-0.3, -0.25) is 14.5 Å². The number of hydrogen-bond acceptors (Lipinski definition) is 4. The number of nitrogens with zero attached hydrogens (tertiary/aromatic N) is 1. The Morgan fingerprint density at radius 2 is 1.75 bits per heavy atom. The standard InChI is InChI=1S/C21H25N3O3S/c1-13(2)15-8-7-9-16(12-15)22-21(25)19(14(3)4)23-20-17-10-5-6-11-18(17)28(26,27)24-20/h5-14,19H,1-4H3,(H,22,25)(H,23,24)/t19-/m0/s1. The smallest absolute Gasteiger partial charge is 0.263 e. The number of hydrogen-bond donors (Lipinski definition) is 2. The molecular weight excluding hydrogens is 374 g/mol. The molecule has 0 fully saturated rings. The molecule has 1 amide bonds. The molecule has 2 N–H and O–H groups in total. The summed E-state index contributed by atoms with van der Waals surface area (Å²) in [6.45, 7) is 7.95. The van der Waals surface area contributed by atoms with E-state index in [0.29, 0.717) is 17.2 Å². The van der Waals surface area contributed by atoms with Gasteiger partial charge in [0.25, 0.3) is 10.0 Å². The van der Waals surface area contributed by atoms with Crippen LogP contribution in [-0.4, -0.2) is 26.2 Å². The molecule has 1 aliphatic rings. The third-order valence-electron chi connectivity index (χ3n) is 4.65. The van der Waals surface area contributed by atoms with Crippen molar-refractivity contribution < 1.29 is 13.2 Å². The van der Waals surface area contributed by atoms with Crippen LogP contribution in [0.15, 0.2) is 58.4 Å². The van der Waals surface area contributed by atoms with Gasteiger partial charge >= 0.3 is 0 Å². The number of carbonyl (C=O) groups is 1. The fourth-order valence-corrected chi connectivity index (χ4v) is 4.31. The van der Waals surface area contributed by atoms with E-state index in [1.807, 2.05) is 38.1 Å². The maximum Gasteiger partial charge on any atom is 0.263 e. The summed E-state index contributed by atoms with van der Waals surface area (Å²) in [7, 11) is -3.64. The van der Waals surface area contributed by atoms with Crippen LogP contribution in [0.2, 0.25) is 0 Å². The Bertz CT molecular complexity index is 1030. The molecule has 1 heterocycles. The van der Waals surface area contributed by atoms with Crippen LogP contribution in [0.4, 0.5) is 5.69 Å². The largest absolute Gasteiger partial charge is 0.324 e. The fourth-order valence-electron chi connectivity index (χ4n) is 3.07. The average Bonchev–Trinajstić information content (AvgIpc) is 2.90. The van der Waals surface area contributed by atoms with Gasteiger partial charge in [-0.15, -0.1) is 0 Å². The van der Waals surface area contributed by atoms with Gasteiger partial charge < -0.3 is 5.32 Å². The average molecular weight is 400 g/mol. The molecule has 6 nitrogen and oxygen atoms in total. The first kappa shape index (κ1) is 20.1. The number of rotatable bonds is 5. The van der Waals surface area contributed by atoms with Gasteiger partial charge in [0, 0.05) is 11.3 Å². The van der Waals surface area contributed by atoms with E-state index in [-0.39, 0.29) is 22.6 Å². The summed E-state index contributed by atoms with van der Waals surface area (Å²) >= 11 is 0. The van der Waals surface area contributed by atoms with Gasteiger partial charge in [-0.05, 0) is 41.7 Å². The van der Waals surface area contributed by atoms with E-state index in [2.05, 4.69) is 28.9 Å². The van der Waals surface area contributed by atoms with Crippen LogP contribution >= 0.6 is 0 Å². The molecule has 1 atom stereocenters. The van der Waals surface area contributed by atoms with E-state index in [1.165, 1.54) is 6.07 Å². The van der Waals surface area contributed by atoms with Crippen molar-refractivity contribution in [2.45, 2.75) is 44.6 Å². The first-order valence-corrected chi connectivity index (χ1v) is 10.8. The van der Waals surface area contributed by atoms with Crippen molar-refractivity contribution in [3.05, 3.63) is 59.7 Å². The normalized spacial score (nSPS) is 17.4. The van der Waals surface area contributed by atoms with E-state index < -0.39 is 16.1 Å². The zero-order valence-corrected chi connectivity index (χ0v) is 17.2. The molecular formula is C21H25N3O3S. The van der Waals surface area contributed by atoms with Gasteiger partial charge in [-0.25, -0.2) is 8.42 Å². The topological polar surface area (TPSA) is 87.6 Å². The number of benzene rings is 2. The minimum atomic E-state index is -3.64. The lowest BCUT2D eigenvalue weighted by atomic mass is 10.0. The maximum absolute atomic E-state index is 12.9. The van der Waals surface area contributed by atoms with Gasteiger partial charge in [-0.2, -0.15) is 0 Å². The summed E-state index contributed by atoms with van der Waals surface area (Å²) in [4.78, 5) is 17.6. The van der Waals surface area contributed by atoms with Crippen molar-refractivity contribution in [3.8, 4) is 0 Å². The second-order valence-electron chi connectivity index (χ2n) is 7.54. The summed E-state index contributed by atoms with van der Waals surface area (Å²) in [5.41, 5.74) is 2.32. The second kappa shape index (κ2) is 7.75. The fraction of sp³-hybridized carbons (Fsp3) is 0.333. The first-order valence-electron chi connectivity index (χ1n) is 9.30. The highest BCUT2D eigenvalue weighted by atomic mass is 32.2. The third kappa shape index (κ3) is 4.09. The first-order chi connectivity index (χ1) is 13.2. The van der Waals surface area contributed by atoms with Crippen LogP contribution in [-0.2, 0) is 14.8 Å². The molecule has 0 saturated heterocycles. The van der Waals surface area contributed by atoms with Crippen LogP contribution in [0.5, 0.6) is 0 Å². The number of amides is 1. The highest BCUT2D eigenvalue weighted by Gasteiger charge is 2.32. The Kier molecular flexibility index (Phi) is 5.56. The molecule has 7 heteroatoms. The molecule has 148 valence electrons. The molecule has 2 aromatic rings. The van der Waals surface area contributed by atoms with E-state index in [4.69, 9.17) is 0 Å². The Labute approximate surface area is 166 Å². The number of carbonyl (C=O) groups excluding carboxylic acids is 1. The summed E-state index contributed by atoms with van der Waals surface area (Å²) in [5.74, 6) is 0.174. The molecule has 3 rings (SSSR count). The zero-order chi connectivity index (χ0) is 20.5. The summed E-state index contributed by atoms with van der Waals surface area (Å²) in [6.07, 6.45) is 0. The lowest BCUT2D eigenvalue weighted by Gasteiger charge is -2.18. The molecule has 0 unspecified atom stereocenters. The lowest BCUT2D eigenvalue weighted by Crippen LogP contribution is -2.34. The number of sulfonamides is 1. The van der Waals surface area contributed by atoms with Crippen molar-refractivity contribution >= 4 is 27.5 Å². The molecule has 0 bridgehead atoms. The summed E-state index contributed by atoms with van der Waals surface area (Å²) in [5, 5.41) is 2.91. The quantitative estimate of drug-likeness (QED) is 0.806. The van der Waals surface area contributed by atoms with Crippen molar-refractivity contribution in [1.82, 2.24) is 4.72 Å². The molecule has 0 saturated carbocycles. The number of anilines is 1. The minimum absolute atomic E-state index is 0.113. The Hall–Kier alpha value is -2.67. The van der Waals surface area contributed by atoms with Gasteiger partial charge in [-0.1, -0.05) is 52.0 Å². The summed E-state index contributed by atoms with van der Waals surface area (Å²) < 4.78 is 27.0. The Morgan fingerprint density at radius 3 is 2.43 bits per heavy atom. The monoisotopic (exact) mass is 399 g/mol. The molecule has 0 aromatic heterocycles. The van der Waals surface area contributed by atoms with Crippen molar-refractivity contribution in [3.63, 3.8) is 0 Å². The van der Waals surface area contributed by atoms with Crippen molar-refractivity contribution in [2.24, 2.45) is 10.9 Å². The molecule has 0 spiro atoms. The Morgan fingerprint density at radius 1 is 1.04 bits per heavy atom. The SMILES string of the molecule is CC(C)c1cccc(NC(=O)[C@@H](N=C2NS(=O)(=O)c3ccccc32)C(C)C)c1. The maximum atomic E-state index is 12.9. The van der Waals surface area contributed by atoms with Gasteiger partial charge in [0.2, 0.25) is 5.91 Å². The highest BCUT2D eigenvalue weighted by Crippen LogP contribution is 2.24. The van der Waals surface area contributed by atoms with E-state index in [1.54, 1.807) is 18.2 Å². The van der Waals surface area contributed by atoms with Crippen molar-refractivity contribution in [2.75, 3.05) is 5.32 Å². The zero-order valence-electron chi connectivity index (χ0n) is 16.4. The molecule has 1 aliphatic heterocycles. The number of aliphatic imine (C=N–C) groups is 1. The van der Waals surface area contributed by atoms with Crippen molar-refractivity contribution in [1.29, 1.82) is 0 Å². The predicted molar refractivity (Wildman–Crippen MR) is 111 cm³/mol. The van der Waals surface area contributed by atoms with E-state index in [9.17, 15) is 13.2 Å². The second-order valence-corrected chi connectivity index (χ2v) is 9.19. The predicted octanol–water partition coefficient (Wildman–Crippen LogP) is 3.51. The molecule has 0 radical (unpaired) electrons. The Balaban J connectivity index is 1.90. The van der Waals surface area contributed by atoms with Gasteiger partial charge in [0.15, 0.2) is 0 Å². The molecule has 0 aliphatic carbocycles. The van der Waals surface area contributed by atoms with Gasteiger partial charge in [0.05, 0.1) is 4.90 Å². The van der Waals surface area contributed by atoms with Crippen LogP contribution in [0.25, 0.3) is 0 Å². The van der Waals surface area contributed by atoms with Crippen LogP contribution in [0.1, 0.15) is 44.7 Å². The highest BCUT2D eigenvalue weighted by molar-refractivity contribution is 7.90.